The first-order chi connectivity index (χ1) is 21.2. The third-order valence-electron chi connectivity index (χ3n) is 7.04. The number of fused-ring (bicyclic) bond motifs is 11. The van der Waals surface area contributed by atoms with E-state index in [1.165, 1.54) is 0 Å². The summed E-state index contributed by atoms with van der Waals surface area (Å²) in [5.74, 6) is -5.20. The van der Waals surface area contributed by atoms with Crippen molar-refractivity contribution in [2.24, 2.45) is 23.5 Å². The van der Waals surface area contributed by atoms with E-state index in [2.05, 4.69) is 21.3 Å². The molecule has 2 aliphatic heterocycles. The molecule has 17 heteroatoms. The maximum Gasteiger partial charge on any atom is 0.266 e. The van der Waals surface area contributed by atoms with Crippen molar-refractivity contribution >= 4 is 39.7 Å². The van der Waals surface area contributed by atoms with Crippen molar-refractivity contribution in [1.29, 1.82) is 0 Å². The standard InChI is InChI=1S/C28H44N6O10S/c1-17(2)13-21-20(26(37)34-40)5-3-12-44-19-8-6-18(7-9-19)14-23(33-25(21)36)28(39)32-15-24(35)30-10-4-11-31-27(38)22(29)16-45(41,42)43/h6-9,17,20-23,40H,3-5,10-16,29H2,1-2H3,(H,30,35)(H,31,38)(H,32,39)(H,33,36)(H,34,37)(H,41,42,43)/t20-,21+,22?,23-/m0/s1. The molecular formula is C28H44N6O10S. The molecule has 0 radical (unpaired) electrons. The van der Waals surface area contributed by atoms with Crippen LogP contribution in [0.4, 0.5) is 0 Å². The lowest BCUT2D eigenvalue weighted by Gasteiger charge is -2.28. The maximum absolute atomic E-state index is 13.6. The number of nitrogens with two attached hydrogens (primary N) is 1. The van der Waals surface area contributed by atoms with Crippen molar-refractivity contribution in [2.45, 2.75) is 58.0 Å². The Hall–Kier alpha value is -3.80. The number of hydrogen-bond acceptors (Lipinski definition) is 10. The summed E-state index contributed by atoms with van der Waals surface area (Å²) in [5, 5.41) is 19.6. The van der Waals surface area contributed by atoms with Crippen molar-refractivity contribution in [1.82, 2.24) is 26.7 Å². The molecule has 3 rings (SSSR count). The van der Waals surface area contributed by atoms with Gasteiger partial charge in [-0.2, -0.15) is 8.42 Å². The Morgan fingerprint density at radius 1 is 1.07 bits per heavy atom. The largest absolute Gasteiger partial charge is 0.494 e. The van der Waals surface area contributed by atoms with Gasteiger partial charge in [0.05, 0.1) is 24.8 Å². The van der Waals surface area contributed by atoms with Crippen LogP contribution in [0.5, 0.6) is 5.75 Å². The van der Waals surface area contributed by atoms with E-state index < -0.39 is 75.9 Å². The van der Waals surface area contributed by atoms with Crippen LogP contribution in [-0.2, 0) is 40.5 Å². The summed E-state index contributed by atoms with van der Waals surface area (Å²) in [6, 6.07) is 4.46. The zero-order valence-electron chi connectivity index (χ0n) is 25.4. The van der Waals surface area contributed by atoms with Crippen LogP contribution < -0.4 is 37.2 Å². The van der Waals surface area contributed by atoms with Crippen molar-refractivity contribution in [3.05, 3.63) is 29.8 Å². The molecule has 9 N–H and O–H groups in total. The lowest BCUT2D eigenvalue weighted by atomic mass is 9.81. The number of nitrogens with one attached hydrogen (secondary N) is 5. The third-order valence-corrected chi connectivity index (χ3v) is 7.82. The molecule has 2 aliphatic rings. The maximum atomic E-state index is 13.6. The summed E-state index contributed by atoms with van der Waals surface area (Å²) in [5.41, 5.74) is 7.78. The summed E-state index contributed by atoms with van der Waals surface area (Å²) in [4.78, 5) is 63.6. The SMILES string of the molecule is CC(C)C[C@H]1C(=O)N[C@H](C(=O)NCC(=O)NCCCNC(=O)C(N)CS(=O)(=O)O)Cc2ccc(cc2)OCCC[C@@H]1C(=O)NO. The number of amides is 5. The second kappa shape index (κ2) is 18.2. The van der Waals surface area contributed by atoms with E-state index in [1.807, 2.05) is 13.8 Å². The zero-order valence-corrected chi connectivity index (χ0v) is 26.2. The van der Waals surface area contributed by atoms with Gasteiger partial charge in [-0.3, -0.25) is 33.7 Å². The molecule has 0 spiro atoms. The average Bonchev–Trinajstić information content (AvgIpc) is 2.97. The normalized spacial score (nSPS) is 19.8. The average molecular weight is 657 g/mol. The number of ether oxygens (including phenoxy) is 1. The number of benzene rings is 1. The Morgan fingerprint density at radius 2 is 1.73 bits per heavy atom. The Labute approximate surface area is 262 Å². The minimum absolute atomic E-state index is 0.0226. The monoisotopic (exact) mass is 656 g/mol. The molecule has 1 aromatic carbocycles. The van der Waals surface area contributed by atoms with E-state index in [0.717, 1.165) is 0 Å². The molecule has 0 aromatic heterocycles. The fourth-order valence-electron chi connectivity index (χ4n) is 4.81. The molecule has 252 valence electrons. The van der Waals surface area contributed by atoms with E-state index in [4.69, 9.17) is 15.0 Å². The van der Waals surface area contributed by atoms with Crippen LogP contribution in [0.2, 0.25) is 0 Å². The smallest absolute Gasteiger partial charge is 0.266 e. The topological polar surface area (TPSA) is 255 Å². The van der Waals surface area contributed by atoms with Crippen LogP contribution in [0, 0.1) is 17.8 Å². The molecule has 5 amide bonds. The number of carbonyl (C=O) groups excluding carboxylic acids is 5. The molecule has 2 heterocycles. The molecular weight excluding hydrogens is 612 g/mol. The molecule has 16 nitrogen and oxygen atoms in total. The van der Waals surface area contributed by atoms with E-state index >= 15 is 0 Å². The van der Waals surface area contributed by atoms with Gasteiger partial charge in [-0.1, -0.05) is 26.0 Å². The molecule has 1 unspecified atom stereocenters. The van der Waals surface area contributed by atoms with Crippen LogP contribution in [-0.4, -0.2) is 91.8 Å². The van der Waals surface area contributed by atoms with Crippen molar-refractivity contribution in [3.63, 3.8) is 0 Å². The quantitative estimate of drug-likeness (QED) is 0.0531. The minimum atomic E-state index is -4.41. The summed E-state index contributed by atoms with van der Waals surface area (Å²) in [6.07, 6.45) is 1.37. The first-order valence-corrected chi connectivity index (χ1v) is 16.3. The molecule has 45 heavy (non-hydrogen) atoms. The highest BCUT2D eigenvalue weighted by Crippen LogP contribution is 2.27. The highest BCUT2D eigenvalue weighted by molar-refractivity contribution is 7.85. The highest BCUT2D eigenvalue weighted by atomic mass is 32.2. The van der Waals surface area contributed by atoms with Gasteiger partial charge in [0.15, 0.2) is 0 Å². The second-order valence-corrected chi connectivity index (χ2v) is 12.8. The Morgan fingerprint density at radius 3 is 2.36 bits per heavy atom. The first kappa shape index (κ1) is 37.4. The van der Waals surface area contributed by atoms with Gasteiger partial charge in [-0.25, -0.2) is 5.48 Å². The van der Waals surface area contributed by atoms with Crippen molar-refractivity contribution in [2.75, 3.05) is 32.0 Å². The lowest BCUT2D eigenvalue weighted by molar-refractivity contribution is -0.142. The molecule has 0 aliphatic carbocycles. The van der Waals surface area contributed by atoms with Gasteiger partial charge in [0.1, 0.15) is 17.8 Å². The van der Waals surface area contributed by atoms with Crippen LogP contribution in [0.1, 0.15) is 45.1 Å². The lowest BCUT2D eigenvalue weighted by Crippen LogP contribution is -2.53. The fourth-order valence-corrected chi connectivity index (χ4v) is 5.42. The van der Waals surface area contributed by atoms with Gasteiger partial charge >= 0.3 is 0 Å². The number of hydroxylamine groups is 1. The van der Waals surface area contributed by atoms with Crippen LogP contribution in [0.25, 0.3) is 0 Å². The summed E-state index contributed by atoms with van der Waals surface area (Å²) in [7, 11) is -4.41. The van der Waals surface area contributed by atoms with E-state index in [1.54, 1.807) is 29.7 Å². The van der Waals surface area contributed by atoms with Gasteiger partial charge in [-0.05, 0) is 49.3 Å². The molecule has 4 atom stereocenters. The molecule has 0 saturated heterocycles. The first-order valence-electron chi connectivity index (χ1n) is 14.7. The molecule has 1 aromatic rings. The van der Waals surface area contributed by atoms with Crippen LogP contribution >= 0.6 is 0 Å². The van der Waals surface area contributed by atoms with Gasteiger partial charge < -0.3 is 31.7 Å². The second-order valence-electron chi connectivity index (χ2n) is 11.3. The van der Waals surface area contributed by atoms with E-state index in [9.17, 15) is 37.6 Å². The van der Waals surface area contributed by atoms with Gasteiger partial charge in [-0.15, -0.1) is 0 Å². The summed E-state index contributed by atoms with van der Waals surface area (Å²) in [6.45, 7) is 3.86. The van der Waals surface area contributed by atoms with Crippen LogP contribution in [0.15, 0.2) is 24.3 Å². The van der Waals surface area contributed by atoms with Gasteiger partial charge in [0.25, 0.3) is 10.1 Å². The van der Waals surface area contributed by atoms with Crippen molar-refractivity contribution in [3.8, 4) is 5.75 Å². The number of hydrogen-bond donors (Lipinski definition) is 8. The minimum Gasteiger partial charge on any atom is -0.494 e. The number of carbonyl (C=O) groups is 5. The van der Waals surface area contributed by atoms with E-state index in [-0.39, 0.29) is 38.3 Å². The Bertz CT molecular complexity index is 1270. The highest BCUT2D eigenvalue weighted by Gasteiger charge is 2.36. The molecule has 0 fully saturated rings. The van der Waals surface area contributed by atoms with Gasteiger partial charge in [0.2, 0.25) is 29.5 Å². The molecule has 0 saturated carbocycles. The molecule has 2 bridgehead atoms. The Balaban J connectivity index is 2.03. The Kier molecular flexibility index (Phi) is 15.2. The number of rotatable bonds is 13. The predicted octanol–water partition coefficient (Wildman–Crippen LogP) is -1.38. The fraction of sp³-hybridized carbons (Fsp3) is 0.607. The van der Waals surface area contributed by atoms with Crippen LogP contribution in [0.3, 0.4) is 0 Å². The zero-order chi connectivity index (χ0) is 33.6. The van der Waals surface area contributed by atoms with Crippen molar-refractivity contribution < 1.29 is 46.9 Å². The summed E-state index contributed by atoms with van der Waals surface area (Å²) < 4.78 is 36.2. The predicted molar refractivity (Wildman–Crippen MR) is 161 cm³/mol. The third kappa shape index (κ3) is 13.8. The van der Waals surface area contributed by atoms with E-state index in [0.29, 0.717) is 30.8 Å². The summed E-state index contributed by atoms with van der Waals surface area (Å²) >= 11 is 0. The van der Waals surface area contributed by atoms with Gasteiger partial charge in [0, 0.05) is 25.4 Å².